The number of aromatic nitrogens is 3. The van der Waals surface area contributed by atoms with E-state index in [0.29, 0.717) is 11.5 Å². The van der Waals surface area contributed by atoms with Gasteiger partial charge in [0.25, 0.3) is 0 Å². The number of carbonyl (C=O) groups is 2. The summed E-state index contributed by atoms with van der Waals surface area (Å²) < 4.78 is 12.0. The zero-order chi connectivity index (χ0) is 26.0. The molecule has 188 valence electrons. The molecule has 1 amide bonds. The van der Waals surface area contributed by atoms with Gasteiger partial charge in [-0.15, -0.1) is 5.10 Å². The molecule has 3 aromatic carbocycles. The van der Waals surface area contributed by atoms with Gasteiger partial charge in [-0.2, -0.15) is 0 Å². The molecule has 5 rings (SSSR count). The van der Waals surface area contributed by atoms with Crippen molar-refractivity contribution >= 4 is 17.9 Å². The molecule has 0 bridgehead atoms. The molecule has 0 spiro atoms. The second kappa shape index (κ2) is 9.89. The molecule has 1 aromatic heterocycles. The third kappa shape index (κ3) is 4.82. The topological polar surface area (TPSA) is 95.3 Å². The quantitative estimate of drug-likeness (QED) is 0.332. The van der Waals surface area contributed by atoms with Crippen LogP contribution in [0.2, 0.25) is 0 Å². The number of hydrogen-bond donors (Lipinski definition) is 1. The van der Waals surface area contributed by atoms with Crippen molar-refractivity contribution in [3.8, 4) is 22.4 Å². The van der Waals surface area contributed by atoms with Crippen molar-refractivity contribution in [1.82, 2.24) is 15.0 Å². The van der Waals surface area contributed by atoms with Gasteiger partial charge in [0.1, 0.15) is 11.8 Å². The number of esters is 1. The molecular formula is C29H28N4O4. The van der Waals surface area contributed by atoms with Crippen molar-refractivity contribution in [2.24, 2.45) is 7.05 Å². The van der Waals surface area contributed by atoms with Crippen LogP contribution in [0.4, 0.5) is 10.6 Å². The molecule has 0 saturated heterocycles. The zero-order valence-electron chi connectivity index (χ0n) is 21.0. The first kappa shape index (κ1) is 24.2. The summed E-state index contributed by atoms with van der Waals surface area (Å²) in [5, 5.41) is 11.1. The average molecular weight is 497 g/mol. The van der Waals surface area contributed by atoms with Gasteiger partial charge in [0.05, 0.1) is 12.5 Å². The second-order valence-corrected chi connectivity index (χ2v) is 9.22. The molecule has 1 N–H and O–H groups in total. The summed E-state index contributed by atoms with van der Waals surface area (Å²) in [7, 11) is 3.15. The lowest BCUT2D eigenvalue weighted by molar-refractivity contribution is -0.143. The predicted octanol–water partition coefficient (Wildman–Crippen LogP) is 5.66. The van der Waals surface area contributed by atoms with Gasteiger partial charge >= 0.3 is 12.1 Å². The number of amides is 1. The van der Waals surface area contributed by atoms with Crippen LogP contribution in [0.25, 0.3) is 22.4 Å². The first-order valence-electron chi connectivity index (χ1n) is 12.1. The lowest BCUT2D eigenvalue weighted by atomic mass is 9.93. The second-order valence-electron chi connectivity index (χ2n) is 9.22. The van der Waals surface area contributed by atoms with E-state index in [9.17, 15) is 9.59 Å². The molecule has 1 saturated carbocycles. The zero-order valence-corrected chi connectivity index (χ0v) is 21.0. The van der Waals surface area contributed by atoms with E-state index in [1.165, 1.54) is 11.8 Å². The van der Waals surface area contributed by atoms with Crippen LogP contribution in [0, 0.1) is 0 Å². The van der Waals surface area contributed by atoms with Gasteiger partial charge in [-0.25, -0.2) is 9.48 Å². The van der Waals surface area contributed by atoms with Gasteiger partial charge in [-0.05, 0) is 42.0 Å². The predicted molar refractivity (Wildman–Crippen MR) is 140 cm³/mol. The highest BCUT2D eigenvalue weighted by Crippen LogP contribution is 2.49. The molecule has 1 atom stereocenters. The standard InChI is InChI=1S/C29H28N4O4/c1-19(20-7-5-4-6-8-20)37-28(35)30-26-25(31-32-33(26)2)23-11-9-21(10-12-23)22-13-15-24(16-14-22)29(17-18-29)27(34)36-3/h4-16,19H,17-18H2,1-3H3,(H,30,35). The van der Waals surface area contributed by atoms with Crippen LogP contribution in [-0.2, 0) is 26.7 Å². The van der Waals surface area contributed by atoms with Gasteiger partial charge in [0.2, 0.25) is 0 Å². The van der Waals surface area contributed by atoms with Gasteiger partial charge in [0.15, 0.2) is 5.82 Å². The number of nitrogens with one attached hydrogen (secondary N) is 1. The summed E-state index contributed by atoms with van der Waals surface area (Å²) in [6.07, 6.45) is 0.654. The number of nitrogens with zero attached hydrogens (tertiary/aromatic N) is 3. The molecule has 1 aliphatic rings. The van der Waals surface area contributed by atoms with Crippen LogP contribution in [0.3, 0.4) is 0 Å². The van der Waals surface area contributed by atoms with E-state index >= 15 is 0 Å². The minimum atomic E-state index is -0.583. The van der Waals surface area contributed by atoms with Crippen molar-refractivity contribution < 1.29 is 19.1 Å². The lowest BCUT2D eigenvalue weighted by Crippen LogP contribution is -2.21. The summed E-state index contributed by atoms with van der Waals surface area (Å²) in [5.74, 6) is 0.274. The molecule has 1 unspecified atom stereocenters. The molecule has 8 nitrogen and oxygen atoms in total. The number of ether oxygens (including phenoxy) is 2. The summed E-state index contributed by atoms with van der Waals surface area (Å²) in [6, 6.07) is 25.4. The third-order valence-corrected chi connectivity index (χ3v) is 6.86. The van der Waals surface area contributed by atoms with Crippen molar-refractivity contribution in [3.63, 3.8) is 0 Å². The molecular weight excluding hydrogens is 468 g/mol. The maximum absolute atomic E-state index is 12.6. The Kier molecular flexibility index (Phi) is 6.48. The number of rotatable bonds is 7. The van der Waals surface area contributed by atoms with Gasteiger partial charge in [0, 0.05) is 12.6 Å². The summed E-state index contributed by atoms with van der Waals surface area (Å²) in [6.45, 7) is 1.82. The van der Waals surface area contributed by atoms with Crippen molar-refractivity contribution in [2.75, 3.05) is 12.4 Å². The molecule has 4 aromatic rings. The summed E-state index contributed by atoms with van der Waals surface area (Å²) in [4.78, 5) is 24.8. The van der Waals surface area contributed by atoms with Crippen LogP contribution in [0.5, 0.6) is 0 Å². The van der Waals surface area contributed by atoms with Gasteiger partial charge in [-0.1, -0.05) is 84.1 Å². The number of benzene rings is 3. The van der Waals surface area contributed by atoms with E-state index in [1.807, 2.05) is 85.8 Å². The number of hydrogen-bond acceptors (Lipinski definition) is 6. The van der Waals surface area contributed by atoms with Gasteiger partial charge < -0.3 is 9.47 Å². The van der Waals surface area contributed by atoms with Gasteiger partial charge in [-0.3, -0.25) is 10.1 Å². The minimum absolute atomic E-state index is 0.170. The van der Waals surface area contributed by atoms with E-state index in [2.05, 4.69) is 15.6 Å². The van der Waals surface area contributed by atoms with Crippen LogP contribution in [-0.4, -0.2) is 34.2 Å². The normalized spacial score (nSPS) is 14.5. The number of methoxy groups -OCH3 is 1. The first-order chi connectivity index (χ1) is 17.9. The Morgan fingerprint density at radius 3 is 2.11 bits per heavy atom. The average Bonchev–Trinajstić information content (AvgIpc) is 3.67. The van der Waals surface area contributed by atoms with Crippen LogP contribution in [0.1, 0.15) is 37.0 Å². The van der Waals surface area contributed by atoms with E-state index in [-0.39, 0.29) is 5.97 Å². The van der Waals surface area contributed by atoms with E-state index in [0.717, 1.165) is 40.7 Å². The minimum Gasteiger partial charge on any atom is -0.468 e. The fourth-order valence-electron chi connectivity index (χ4n) is 4.50. The van der Waals surface area contributed by atoms with Crippen molar-refractivity contribution in [2.45, 2.75) is 31.3 Å². The molecule has 1 heterocycles. The summed E-state index contributed by atoms with van der Waals surface area (Å²) in [5.41, 5.74) is 4.82. The molecule has 1 fully saturated rings. The smallest absolute Gasteiger partial charge is 0.413 e. The maximum atomic E-state index is 12.6. The third-order valence-electron chi connectivity index (χ3n) is 6.86. The fourth-order valence-corrected chi connectivity index (χ4v) is 4.50. The van der Waals surface area contributed by atoms with Crippen LogP contribution < -0.4 is 5.32 Å². The SMILES string of the molecule is COC(=O)C1(c2ccc(-c3ccc(-c4nnn(C)c4NC(=O)OC(C)c4ccccc4)cc3)cc2)CC1. The fraction of sp³-hybridized carbons (Fsp3) is 0.241. The number of anilines is 1. The molecule has 37 heavy (non-hydrogen) atoms. The van der Waals surface area contributed by atoms with E-state index in [4.69, 9.17) is 9.47 Å². The monoisotopic (exact) mass is 496 g/mol. The lowest BCUT2D eigenvalue weighted by Gasteiger charge is -2.15. The van der Waals surface area contributed by atoms with E-state index < -0.39 is 17.6 Å². The molecule has 0 radical (unpaired) electrons. The van der Waals surface area contributed by atoms with Crippen molar-refractivity contribution in [3.05, 3.63) is 90.0 Å². The van der Waals surface area contributed by atoms with Crippen LogP contribution >= 0.6 is 0 Å². The summed E-state index contributed by atoms with van der Waals surface area (Å²) >= 11 is 0. The Morgan fingerprint density at radius 2 is 1.51 bits per heavy atom. The molecule has 0 aliphatic heterocycles. The number of carbonyl (C=O) groups excluding carboxylic acids is 2. The Hall–Kier alpha value is -4.46. The highest BCUT2D eigenvalue weighted by Gasteiger charge is 2.52. The largest absolute Gasteiger partial charge is 0.468 e. The Bertz CT molecular complexity index is 1410. The number of aryl methyl sites for hydroxylation is 1. The van der Waals surface area contributed by atoms with Crippen molar-refractivity contribution in [1.29, 1.82) is 0 Å². The highest BCUT2D eigenvalue weighted by molar-refractivity contribution is 5.89. The Balaban J connectivity index is 1.30. The highest BCUT2D eigenvalue weighted by atomic mass is 16.6. The molecule has 1 aliphatic carbocycles. The van der Waals surface area contributed by atoms with Crippen LogP contribution in [0.15, 0.2) is 78.9 Å². The maximum Gasteiger partial charge on any atom is 0.413 e. The molecule has 8 heteroatoms. The Morgan fingerprint density at radius 1 is 0.919 bits per heavy atom. The van der Waals surface area contributed by atoms with E-state index in [1.54, 1.807) is 7.05 Å². The Labute approximate surface area is 215 Å². The first-order valence-corrected chi connectivity index (χ1v) is 12.1.